The Morgan fingerprint density at radius 3 is 2.30 bits per heavy atom. The molecule has 1 saturated heterocycles. The molecule has 1 aliphatic heterocycles. The zero-order valence-corrected chi connectivity index (χ0v) is 18.2. The maximum absolute atomic E-state index is 11.5. The maximum atomic E-state index is 11.5. The number of guanidine groups is 1. The predicted octanol–water partition coefficient (Wildman–Crippen LogP) is 2.62. The molecule has 1 fully saturated rings. The summed E-state index contributed by atoms with van der Waals surface area (Å²) in [5.41, 5.74) is 1.01. The van der Waals surface area contributed by atoms with Crippen LogP contribution < -0.4 is 5.32 Å². The van der Waals surface area contributed by atoms with E-state index < -0.39 is 4.92 Å². The number of hydrogen-bond donors (Lipinski definition) is 1. The van der Waals surface area contributed by atoms with Crippen LogP contribution in [-0.2, 0) is 11.3 Å². The molecule has 1 amide bonds. The molecule has 0 atom stereocenters. The van der Waals surface area contributed by atoms with E-state index >= 15 is 0 Å². The number of carbonyl (C=O) groups excluding carboxylic acids is 1. The second-order valence-corrected chi connectivity index (χ2v) is 6.34. The van der Waals surface area contributed by atoms with Gasteiger partial charge in [0.05, 0.1) is 11.5 Å². The molecule has 1 heterocycles. The van der Waals surface area contributed by atoms with Gasteiger partial charge in [-0.25, -0.2) is 4.99 Å². The zero-order chi connectivity index (χ0) is 18.9. The van der Waals surface area contributed by atoms with Crippen LogP contribution in [-0.4, -0.2) is 59.3 Å². The third kappa shape index (κ3) is 7.31. The number of piperazine rings is 1. The van der Waals surface area contributed by atoms with E-state index in [-0.39, 0.29) is 35.6 Å². The van der Waals surface area contributed by atoms with Crippen molar-refractivity contribution >= 4 is 41.5 Å². The summed E-state index contributed by atoms with van der Waals surface area (Å²) in [6, 6.07) is 6.47. The van der Waals surface area contributed by atoms with Crippen LogP contribution >= 0.6 is 24.0 Å². The minimum absolute atomic E-state index is 0. The number of halogens is 1. The summed E-state index contributed by atoms with van der Waals surface area (Å²) in [5.74, 6) is 0.938. The van der Waals surface area contributed by atoms with E-state index in [0.29, 0.717) is 19.6 Å². The Bertz CT molecular complexity index is 643. The topological polar surface area (TPSA) is 91.1 Å². The lowest BCUT2D eigenvalue weighted by molar-refractivity contribution is -0.384. The van der Waals surface area contributed by atoms with Crippen molar-refractivity contribution in [1.82, 2.24) is 15.1 Å². The molecule has 0 spiro atoms. The number of benzene rings is 1. The first-order valence-electron chi connectivity index (χ1n) is 9.03. The Morgan fingerprint density at radius 2 is 1.78 bits per heavy atom. The van der Waals surface area contributed by atoms with Gasteiger partial charge >= 0.3 is 0 Å². The Morgan fingerprint density at radius 1 is 1.19 bits per heavy atom. The van der Waals surface area contributed by atoms with Crippen LogP contribution in [0.15, 0.2) is 29.3 Å². The maximum Gasteiger partial charge on any atom is 0.269 e. The number of nitrogens with zero attached hydrogens (tertiary/aromatic N) is 4. The lowest BCUT2D eigenvalue weighted by Crippen LogP contribution is -2.53. The number of aliphatic imine (C=N–C) groups is 1. The molecule has 2 rings (SSSR count). The molecule has 1 aromatic carbocycles. The molecule has 1 aromatic rings. The van der Waals surface area contributed by atoms with Gasteiger partial charge < -0.3 is 15.1 Å². The molecular formula is C18H28IN5O3. The quantitative estimate of drug-likeness (QED) is 0.166. The van der Waals surface area contributed by atoms with Crippen LogP contribution in [0.25, 0.3) is 0 Å². The van der Waals surface area contributed by atoms with Crippen LogP contribution in [0.1, 0.15) is 32.3 Å². The molecule has 0 aromatic heterocycles. The second-order valence-electron chi connectivity index (χ2n) is 6.34. The summed E-state index contributed by atoms with van der Waals surface area (Å²) in [6.07, 6.45) is 2.16. The van der Waals surface area contributed by atoms with Crippen LogP contribution in [0.4, 0.5) is 5.69 Å². The van der Waals surface area contributed by atoms with Crippen molar-refractivity contribution in [1.29, 1.82) is 0 Å². The Kier molecular flexibility index (Phi) is 10.0. The van der Waals surface area contributed by atoms with Crippen molar-refractivity contribution in [3.8, 4) is 0 Å². The molecule has 0 aliphatic carbocycles. The van der Waals surface area contributed by atoms with Gasteiger partial charge in [-0.3, -0.25) is 14.9 Å². The molecule has 0 radical (unpaired) electrons. The molecule has 1 N–H and O–H groups in total. The number of nitro benzene ring substituents is 1. The molecule has 8 nitrogen and oxygen atoms in total. The van der Waals surface area contributed by atoms with Gasteiger partial charge in [0.2, 0.25) is 5.91 Å². The van der Waals surface area contributed by atoms with Crippen LogP contribution in [0.5, 0.6) is 0 Å². The lowest BCUT2D eigenvalue weighted by atomic mass is 10.2. The monoisotopic (exact) mass is 489 g/mol. The molecule has 1 aliphatic rings. The van der Waals surface area contributed by atoms with Crippen molar-refractivity contribution in [2.24, 2.45) is 4.99 Å². The van der Waals surface area contributed by atoms with E-state index in [2.05, 4.69) is 17.1 Å². The van der Waals surface area contributed by atoms with Crippen molar-refractivity contribution in [2.45, 2.75) is 33.2 Å². The summed E-state index contributed by atoms with van der Waals surface area (Å²) < 4.78 is 0. The van der Waals surface area contributed by atoms with Gasteiger partial charge in [-0.15, -0.1) is 24.0 Å². The largest absolute Gasteiger partial charge is 0.356 e. The summed E-state index contributed by atoms with van der Waals surface area (Å²) >= 11 is 0. The van der Waals surface area contributed by atoms with E-state index in [9.17, 15) is 14.9 Å². The second kappa shape index (κ2) is 11.7. The summed E-state index contributed by atoms with van der Waals surface area (Å²) in [7, 11) is 0. The number of amides is 1. The first kappa shape index (κ1) is 23.1. The fraction of sp³-hybridized carbons (Fsp3) is 0.556. The van der Waals surface area contributed by atoms with Gasteiger partial charge in [0, 0.05) is 51.8 Å². The van der Waals surface area contributed by atoms with Crippen molar-refractivity contribution in [2.75, 3.05) is 32.7 Å². The van der Waals surface area contributed by atoms with Gasteiger partial charge in [0.1, 0.15) is 0 Å². The standard InChI is InChI=1S/C18H27N5O3.HI/c1-3-4-9-19-18(22-12-10-21(11-13-22)15(2)24)20-14-16-5-7-17(8-6-16)23(25)26;/h5-8H,3-4,9-14H2,1-2H3,(H,19,20);1H. The highest BCUT2D eigenvalue weighted by molar-refractivity contribution is 14.0. The molecule has 0 saturated carbocycles. The predicted molar refractivity (Wildman–Crippen MR) is 116 cm³/mol. The first-order chi connectivity index (χ1) is 12.5. The molecule has 150 valence electrons. The minimum Gasteiger partial charge on any atom is -0.356 e. The number of hydrogen-bond acceptors (Lipinski definition) is 4. The first-order valence-corrected chi connectivity index (χ1v) is 9.03. The van der Waals surface area contributed by atoms with Gasteiger partial charge in [-0.2, -0.15) is 0 Å². The van der Waals surface area contributed by atoms with Gasteiger partial charge in [0.25, 0.3) is 5.69 Å². The Balaban J connectivity index is 0.00000364. The minimum atomic E-state index is -0.403. The number of nitrogens with one attached hydrogen (secondary N) is 1. The molecular weight excluding hydrogens is 461 g/mol. The Labute approximate surface area is 177 Å². The normalized spacial score (nSPS) is 14.5. The van der Waals surface area contributed by atoms with Crippen molar-refractivity contribution < 1.29 is 9.72 Å². The third-order valence-electron chi connectivity index (χ3n) is 4.40. The van der Waals surface area contributed by atoms with E-state index in [1.54, 1.807) is 19.1 Å². The van der Waals surface area contributed by atoms with Crippen LogP contribution in [0.3, 0.4) is 0 Å². The fourth-order valence-corrected chi connectivity index (χ4v) is 2.77. The average Bonchev–Trinajstić information content (AvgIpc) is 2.65. The smallest absolute Gasteiger partial charge is 0.269 e. The van der Waals surface area contributed by atoms with Crippen LogP contribution in [0, 0.1) is 10.1 Å². The SMILES string of the molecule is CCCCNC(=NCc1ccc([N+](=O)[O-])cc1)N1CCN(C(C)=O)CC1.I. The Hall–Kier alpha value is -1.91. The molecule has 0 bridgehead atoms. The summed E-state index contributed by atoms with van der Waals surface area (Å²) in [5, 5.41) is 14.1. The van der Waals surface area contributed by atoms with Gasteiger partial charge in [0.15, 0.2) is 5.96 Å². The van der Waals surface area contributed by atoms with Gasteiger partial charge in [-0.05, 0) is 12.0 Å². The number of unbranched alkanes of at least 4 members (excludes halogenated alkanes) is 1. The van der Waals surface area contributed by atoms with Crippen molar-refractivity contribution in [3.05, 3.63) is 39.9 Å². The summed E-state index contributed by atoms with van der Waals surface area (Å²) in [4.78, 5) is 30.5. The number of nitro groups is 1. The average molecular weight is 489 g/mol. The van der Waals surface area contributed by atoms with Crippen molar-refractivity contribution in [3.63, 3.8) is 0 Å². The molecule has 27 heavy (non-hydrogen) atoms. The van der Waals surface area contributed by atoms with E-state index in [4.69, 9.17) is 4.99 Å². The molecule has 9 heteroatoms. The molecule has 0 unspecified atom stereocenters. The van der Waals surface area contributed by atoms with E-state index in [0.717, 1.165) is 44.0 Å². The number of non-ortho nitro benzene ring substituents is 1. The zero-order valence-electron chi connectivity index (χ0n) is 15.9. The summed E-state index contributed by atoms with van der Waals surface area (Å²) in [6.45, 7) is 7.93. The number of rotatable bonds is 6. The number of carbonyl (C=O) groups is 1. The fourth-order valence-electron chi connectivity index (χ4n) is 2.77. The van der Waals surface area contributed by atoms with E-state index in [1.165, 1.54) is 12.1 Å². The van der Waals surface area contributed by atoms with E-state index in [1.807, 2.05) is 4.90 Å². The highest BCUT2D eigenvalue weighted by Crippen LogP contribution is 2.13. The highest BCUT2D eigenvalue weighted by atomic mass is 127. The highest BCUT2D eigenvalue weighted by Gasteiger charge is 2.21. The lowest BCUT2D eigenvalue weighted by Gasteiger charge is -2.36. The third-order valence-corrected chi connectivity index (χ3v) is 4.40. The van der Waals surface area contributed by atoms with Gasteiger partial charge in [-0.1, -0.05) is 25.5 Å². The van der Waals surface area contributed by atoms with Crippen LogP contribution in [0.2, 0.25) is 0 Å².